The quantitative estimate of drug-likeness (QED) is 0.860. The van der Waals surface area contributed by atoms with Crippen molar-refractivity contribution in [2.24, 2.45) is 5.73 Å². The van der Waals surface area contributed by atoms with Gasteiger partial charge < -0.3 is 10.6 Å². The number of anilines is 1. The zero-order valence-corrected chi connectivity index (χ0v) is 11.3. The molecule has 0 aliphatic heterocycles. The van der Waals surface area contributed by atoms with E-state index in [9.17, 15) is 0 Å². The fraction of sp³-hybridized carbons (Fsp3) is 0.333. The summed E-state index contributed by atoms with van der Waals surface area (Å²) in [4.78, 5) is 10.9. The van der Waals surface area contributed by atoms with Crippen LogP contribution in [0, 0.1) is 6.92 Å². The predicted molar refractivity (Wildman–Crippen MR) is 77.9 cm³/mol. The van der Waals surface area contributed by atoms with Gasteiger partial charge in [0.05, 0.1) is 0 Å². The molecule has 0 fully saturated rings. The third kappa shape index (κ3) is 4.03. The lowest BCUT2D eigenvalue weighted by atomic mass is 10.2. The van der Waals surface area contributed by atoms with E-state index in [2.05, 4.69) is 33.1 Å². The number of nitrogens with two attached hydrogens (primary N) is 1. The highest BCUT2D eigenvalue weighted by molar-refractivity contribution is 5.40. The van der Waals surface area contributed by atoms with Crippen molar-refractivity contribution >= 4 is 5.82 Å². The Kier molecular flexibility index (Phi) is 4.86. The Balaban J connectivity index is 2.13. The van der Waals surface area contributed by atoms with Gasteiger partial charge in [0.15, 0.2) is 0 Å². The molecule has 2 heterocycles. The molecule has 0 radical (unpaired) electrons. The van der Waals surface area contributed by atoms with Crippen molar-refractivity contribution in [1.82, 2.24) is 9.97 Å². The number of aromatic nitrogens is 2. The number of hydrogen-bond acceptors (Lipinski definition) is 4. The van der Waals surface area contributed by atoms with Crippen LogP contribution in [0.3, 0.4) is 0 Å². The molecule has 19 heavy (non-hydrogen) atoms. The van der Waals surface area contributed by atoms with Crippen molar-refractivity contribution in [3.63, 3.8) is 0 Å². The molecule has 2 N–H and O–H groups in total. The van der Waals surface area contributed by atoms with Crippen molar-refractivity contribution in [2.75, 3.05) is 18.0 Å². The summed E-state index contributed by atoms with van der Waals surface area (Å²) in [6, 6.07) is 8.18. The summed E-state index contributed by atoms with van der Waals surface area (Å²) in [5, 5.41) is 0. The second-order valence-corrected chi connectivity index (χ2v) is 4.62. The Bertz CT molecular complexity index is 481. The second kappa shape index (κ2) is 6.85. The highest BCUT2D eigenvalue weighted by atomic mass is 15.2. The minimum Gasteiger partial charge on any atom is -0.352 e. The van der Waals surface area contributed by atoms with Gasteiger partial charge in [-0.15, -0.1) is 0 Å². The molecule has 0 aliphatic rings. The first-order valence-corrected chi connectivity index (χ1v) is 6.56. The molecule has 0 spiro atoms. The standard InChI is InChI=1S/C15H20N4/c1-13-5-6-15(18-10-13)19(9-3-7-16)12-14-4-2-8-17-11-14/h2,4-6,8,10-11H,3,7,9,12,16H2,1H3. The molecule has 0 saturated heterocycles. The number of pyridine rings is 2. The van der Waals surface area contributed by atoms with Gasteiger partial charge in [-0.1, -0.05) is 12.1 Å². The molecule has 2 aromatic rings. The number of rotatable bonds is 6. The molecule has 2 aromatic heterocycles. The Labute approximate surface area is 114 Å². The van der Waals surface area contributed by atoms with E-state index in [1.807, 2.05) is 25.4 Å². The van der Waals surface area contributed by atoms with Gasteiger partial charge in [0.1, 0.15) is 5.82 Å². The first-order chi connectivity index (χ1) is 9.29. The Morgan fingerprint density at radius 3 is 2.74 bits per heavy atom. The number of hydrogen-bond donors (Lipinski definition) is 1. The first-order valence-electron chi connectivity index (χ1n) is 6.56. The topological polar surface area (TPSA) is 55.0 Å². The van der Waals surface area contributed by atoms with Crippen molar-refractivity contribution < 1.29 is 0 Å². The zero-order valence-electron chi connectivity index (χ0n) is 11.3. The van der Waals surface area contributed by atoms with Crippen LogP contribution in [0.15, 0.2) is 42.9 Å². The van der Waals surface area contributed by atoms with E-state index >= 15 is 0 Å². The molecule has 100 valence electrons. The van der Waals surface area contributed by atoms with E-state index in [0.717, 1.165) is 25.3 Å². The molecule has 4 heteroatoms. The van der Waals surface area contributed by atoms with Gasteiger partial charge in [0, 0.05) is 31.7 Å². The van der Waals surface area contributed by atoms with Crippen molar-refractivity contribution in [3.05, 3.63) is 54.0 Å². The maximum Gasteiger partial charge on any atom is 0.128 e. The fourth-order valence-electron chi connectivity index (χ4n) is 1.92. The molecule has 4 nitrogen and oxygen atoms in total. The van der Waals surface area contributed by atoms with Gasteiger partial charge in [-0.2, -0.15) is 0 Å². The van der Waals surface area contributed by atoms with E-state index in [0.29, 0.717) is 6.54 Å². The third-order valence-corrected chi connectivity index (χ3v) is 2.95. The Hall–Kier alpha value is -1.94. The van der Waals surface area contributed by atoms with E-state index < -0.39 is 0 Å². The predicted octanol–water partition coefficient (Wildman–Crippen LogP) is 2.14. The molecule has 0 amide bonds. The van der Waals surface area contributed by atoms with Crippen molar-refractivity contribution in [1.29, 1.82) is 0 Å². The van der Waals surface area contributed by atoms with E-state index in [4.69, 9.17) is 5.73 Å². The van der Waals surface area contributed by atoms with E-state index in [1.165, 1.54) is 11.1 Å². The highest BCUT2D eigenvalue weighted by Gasteiger charge is 2.08. The molecule has 0 bridgehead atoms. The Morgan fingerprint density at radius 2 is 2.11 bits per heavy atom. The van der Waals surface area contributed by atoms with Crippen LogP contribution in [0.5, 0.6) is 0 Å². The van der Waals surface area contributed by atoms with Crippen LogP contribution in [-0.2, 0) is 6.54 Å². The van der Waals surface area contributed by atoms with Crippen molar-refractivity contribution in [2.45, 2.75) is 19.9 Å². The lowest BCUT2D eigenvalue weighted by Gasteiger charge is -2.23. The lowest BCUT2D eigenvalue weighted by molar-refractivity contribution is 0.724. The zero-order chi connectivity index (χ0) is 13.5. The first kappa shape index (κ1) is 13.5. The number of aryl methyl sites for hydroxylation is 1. The van der Waals surface area contributed by atoms with Gasteiger partial charge in [0.2, 0.25) is 0 Å². The molecule has 0 atom stereocenters. The van der Waals surface area contributed by atoms with Crippen LogP contribution >= 0.6 is 0 Å². The maximum atomic E-state index is 5.61. The lowest BCUT2D eigenvalue weighted by Crippen LogP contribution is -2.26. The third-order valence-electron chi connectivity index (χ3n) is 2.95. The SMILES string of the molecule is Cc1ccc(N(CCCN)Cc2cccnc2)nc1. The summed E-state index contributed by atoms with van der Waals surface area (Å²) >= 11 is 0. The molecular formula is C15H20N4. The summed E-state index contributed by atoms with van der Waals surface area (Å²) in [5.41, 5.74) is 7.97. The van der Waals surface area contributed by atoms with Gasteiger partial charge in [0.25, 0.3) is 0 Å². The average Bonchev–Trinajstić information content (AvgIpc) is 2.45. The largest absolute Gasteiger partial charge is 0.352 e. The van der Waals surface area contributed by atoms with Crippen LogP contribution in [0.2, 0.25) is 0 Å². The smallest absolute Gasteiger partial charge is 0.128 e. The average molecular weight is 256 g/mol. The van der Waals surface area contributed by atoms with Gasteiger partial charge in [-0.25, -0.2) is 4.98 Å². The molecule has 2 rings (SSSR count). The van der Waals surface area contributed by atoms with Crippen LogP contribution in [-0.4, -0.2) is 23.1 Å². The minimum atomic E-state index is 0.690. The van der Waals surface area contributed by atoms with Crippen LogP contribution < -0.4 is 10.6 Å². The molecule has 0 aliphatic carbocycles. The normalized spacial score (nSPS) is 10.4. The van der Waals surface area contributed by atoms with Crippen LogP contribution in [0.4, 0.5) is 5.82 Å². The summed E-state index contributed by atoms with van der Waals surface area (Å²) in [6.07, 6.45) is 6.53. The summed E-state index contributed by atoms with van der Waals surface area (Å²) in [6.45, 7) is 4.45. The molecule has 0 unspecified atom stereocenters. The maximum absolute atomic E-state index is 5.61. The molecule has 0 aromatic carbocycles. The summed E-state index contributed by atoms with van der Waals surface area (Å²) in [5.74, 6) is 0.989. The van der Waals surface area contributed by atoms with E-state index in [1.54, 1.807) is 6.20 Å². The van der Waals surface area contributed by atoms with Crippen LogP contribution in [0.1, 0.15) is 17.5 Å². The molecular weight excluding hydrogens is 236 g/mol. The van der Waals surface area contributed by atoms with E-state index in [-0.39, 0.29) is 0 Å². The van der Waals surface area contributed by atoms with Crippen molar-refractivity contribution in [3.8, 4) is 0 Å². The van der Waals surface area contributed by atoms with Gasteiger partial charge in [-0.3, -0.25) is 4.98 Å². The summed E-state index contributed by atoms with van der Waals surface area (Å²) < 4.78 is 0. The monoisotopic (exact) mass is 256 g/mol. The van der Waals surface area contributed by atoms with Crippen LogP contribution in [0.25, 0.3) is 0 Å². The minimum absolute atomic E-state index is 0.690. The number of nitrogens with zero attached hydrogens (tertiary/aromatic N) is 3. The van der Waals surface area contributed by atoms with Gasteiger partial charge >= 0.3 is 0 Å². The summed E-state index contributed by atoms with van der Waals surface area (Å²) in [7, 11) is 0. The molecule has 0 saturated carbocycles. The fourth-order valence-corrected chi connectivity index (χ4v) is 1.92. The Morgan fingerprint density at radius 1 is 1.21 bits per heavy atom. The van der Waals surface area contributed by atoms with Gasteiger partial charge in [-0.05, 0) is 43.1 Å². The highest BCUT2D eigenvalue weighted by Crippen LogP contribution is 2.14. The second-order valence-electron chi connectivity index (χ2n) is 4.62.